The molecule has 0 aliphatic rings. The van der Waals surface area contributed by atoms with E-state index in [-0.39, 0.29) is 0 Å². The van der Waals surface area contributed by atoms with Crippen molar-refractivity contribution in [3.63, 3.8) is 0 Å². The Labute approximate surface area is 322 Å². The van der Waals surface area contributed by atoms with Crippen LogP contribution in [0.4, 0.5) is 17.1 Å². The van der Waals surface area contributed by atoms with Crippen LogP contribution >= 0.6 is 11.3 Å². The number of rotatable bonds is 6. The molecule has 258 valence electrons. The molecule has 0 spiro atoms. The van der Waals surface area contributed by atoms with Gasteiger partial charge in [-0.3, -0.25) is 0 Å². The van der Waals surface area contributed by atoms with Crippen molar-refractivity contribution in [1.82, 2.24) is 0 Å². The lowest BCUT2D eigenvalue weighted by molar-refractivity contribution is 0.669. The van der Waals surface area contributed by atoms with Crippen LogP contribution in [0.1, 0.15) is 0 Å². The average Bonchev–Trinajstić information content (AvgIpc) is 3.84. The molecular weight excluding hydrogens is 687 g/mol. The fourth-order valence-corrected chi connectivity index (χ4v) is 9.45. The van der Waals surface area contributed by atoms with Gasteiger partial charge in [0.15, 0.2) is 5.58 Å². The molecule has 0 fully saturated rings. The Hall–Kier alpha value is -6.94. The monoisotopic (exact) mass is 719 g/mol. The summed E-state index contributed by atoms with van der Waals surface area (Å²) in [6.07, 6.45) is 0. The van der Waals surface area contributed by atoms with Gasteiger partial charge in [0.2, 0.25) is 0 Å². The third kappa shape index (κ3) is 5.32. The van der Waals surface area contributed by atoms with Gasteiger partial charge in [-0.05, 0) is 92.7 Å². The minimum absolute atomic E-state index is 0.861. The third-order valence-electron chi connectivity index (χ3n) is 10.9. The van der Waals surface area contributed by atoms with Crippen molar-refractivity contribution in [2.24, 2.45) is 0 Å². The number of fused-ring (bicyclic) bond motifs is 7. The van der Waals surface area contributed by atoms with Crippen LogP contribution in [0.2, 0.25) is 0 Å². The van der Waals surface area contributed by atoms with Gasteiger partial charge in [-0.2, -0.15) is 0 Å². The molecule has 9 aromatic carbocycles. The number of furan rings is 1. The molecule has 0 unspecified atom stereocenters. The first-order valence-electron chi connectivity index (χ1n) is 18.7. The van der Waals surface area contributed by atoms with E-state index in [1.807, 2.05) is 17.4 Å². The standard InChI is InChI=1S/C52H33NOS/c1-2-12-36(13-3-1)42-31-32-47(51-50(42)46-16-6-8-19-48(46)54-51)53(40-27-23-35(24-28-40)39-22-21-34-11-4-5-14-38(34)33-39)41-29-25-37(26-30-41)43-17-10-18-45-44-15-7-9-20-49(44)55-52(43)45/h1-33H. The summed E-state index contributed by atoms with van der Waals surface area (Å²) in [7, 11) is 0. The van der Waals surface area contributed by atoms with Gasteiger partial charge in [0.05, 0.1) is 5.69 Å². The van der Waals surface area contributed by atoms with Gasteiger partial charge in [0.1, 0.15) is 5.58 Å². The third-order valence-corrected chi connectivity index (χ3v) is 12.1. The summed E-state index contributed by atoms with van der Waals surface area (Å²) < 4.78 is 9.46. The Morgan fingerprint density at radius 2 is 1.04 bits per heavy atom. The van der Waals surface area contributed by atoms with E-state index in [2.05, 4.69) is 199 Å². The first-order chi connectivity index (χ1) is 27.3. The molecule has 11 rings (SSSR count). The highest BCUT2D eigenvalue weighted by molar-refractivity contribution is 7.26. The second-order valence-corrected chi connectivity index (χ2v) is 15.1. The zero-order chi connectivity index (χ0) is 36.3. The molecule has 11 aromatic rings. The predicted molar refractivity (Wildman–Crippen MR) is 235 cm³/mol. The van der Waals surface area contributed by atoms with E-state index in [9.17, 15) is 0 Å². The normalized spacial score (nSPS) is 11.6. The van der Waals surface area contributed by atoms with Crippen molar-refractivity contribution < 1.29 is 4.42 Å². The lowest BCUT2D eigenvalue weighted by atomic mass is 9.97. The van der Waals surface area contributed by atoms with E-state index in [0.717, 1.165) is 50.1 Å². The smallest absolute Gasteiger partial charge is 0.160 e. The quantitative estimate of drug-likeness (QED) is 0.170. The van der Waals surface area contributed by atoms with Crippen LogP contribution in [0.3, 0.4) is 0 Å². The van der Waals surface area contributed by atoms with Crippen LogP contribution in [0, 0.1) is 0 Å². The highest BCUT2D eigenvalue weighted by atomic mass is 32.1. The van der Waals surface area contributed by atoms with E-state index in [4.69, 9.17) is 4.42 Å². The summed E-state index contributed by atoms with van der Waals surface area (Å²) in [6.45, 7) is 0. The number of nitrogens with zero attached hydrogens (tertiary/aromatic N) is 1. The molecule has 0 aliphatic carbocycles. The van der Waals surface area contributed by atoms with Gasteiger partial charge in [-0.15, -0.1) is 11.3 Å². The van der Waals surface area contributed by atoms with Gasteiger partial charge in [0, 0.05) is 42.3 Å². The van der Waals surface area contributed by atoms with Crippen LogP contribution in [0.5, 0.6) is 0 Å². The van der Waals surface area contributed by atoms with Crippen molar-refractivity contribution in [3.05, 3.63) is 200 Å². The first kappa shape index (κ1) is 31.6. The Kier molecular flexibility index (Phi) is 7.39. The van der Waals surface area contributed by atoms with Gasteiger partial charge in [-0.25, -0.2) is 0 Å². The molecular formula is C52H33NOS. The Morgan fingerprint density at radius 3 is 1.85 bits per heavy atom. The largest absolute Gasteiger partial charge is 0.454 e. The van der Waals surface area contributed by atoms with Crippen LogP contribution in [0.15, 0.2) is 205 Å². The van der Waals surface area contributed by atoms with Gasteiger partial charge in [-0.1, -0.05) is 152 Å². The lowest BCUT2D eigenvalue weighted by Gasteiger charge is -2.26. The van der Waals surface area contributed by atoms with E-state index in [1.165, 1.54) is 53.2 Å². The molecule has 0 atom stereocenters. The Balaban J connectivity index is 1.08. The number of hydrogen-bond donors (Lipinski definition) is 0. The van der Waals surface area contributed by atoms with Crippen LogP contribution in [-0.2, 0) is 0 Å². The zero-order valence-electron chi connectivity index (χ0n) is 29.8. The summed E-state index contributed by atoms with van der Waals surface area (Å²) in [6, 6.07) is 72.0. The fraction of sp³-hybridized carbons (Fsp3) is 0. The van der Waals surface area contributed by atoms with Crippen molar-refractivity contribution in [2.75, 3.05) is 4.90 Å². The summed E-state index contributed by atoms with van der Waals surface area (Å²) in [5, 5.41) is 7.33. The van der Waals surface area contributed by atoms with Gasteiger partial charge in [0.25, 0.3) is 0 Å². The second kappa shape index (κ2) is 12.9. The topological polar surface area (TPSA) is 16.4 Å². The summed E-state index contributed by atoms with van der Waals surface area (Å²) in [4.78, 5) is 2.34. The highest BCUT2D eigenvalue weighted by Crippen LogP contribution is 2.47. The molecule has 2 aromatic heterocycles. The van der Waals surface area contributed by atoms with Crippen molar-refractivity contribution in [3.8, 4) is 33.4 Å². The van der Waals surface area contributed by atoms with E-state index in [1.54, 1.807) is 0 Å². The van der Waals surface area contributed by atoms with Crippen LogP contribution in [-0.4, -0.2) is 0 Å². The van der Waals surface area contributed by atoms with Crippen LogP contribution < -0.4 is 4.90 Å². The average molecular weight is 720 g/mol. The number of anilines is 3. The second-order valence-electron chi connectivity index (χ2n) is 14.1. The Bertz CT molecular complexity index is 3190. The number of hydrogen-bond acceptors (Lipinski definition) is 3. The Morgan fingerprint density at radius 1 is 0.400 bits per heavy atom. The number of para-hydroxylation sites is 1. The molecule has 0 bridgehead atoms. The zero-order valence-corrected chi connectivity index (χ0v) is 30.6. The van der Waals surface area contributed by atoms with Gasteiger partial charge >= 0.3 is 0 Å². The molecule has 2 heterocycles. The first-order valence-corrected chi connectivity index (χ1v) is 19.5. The molecule has 3 heteroatoms. The molecule has 0 N–H and O–H groups in total. The van der Waals surface area contributed by atoms with Crippen molar-refractivity contribution in [2.45, 2.75) is 0 Å². The molecule has 55 heavy (non-hydrogen) atoms. The SMILES string of the molecule is c1ccc(-c2ccc(N(c3ccc(-c4ccc5ccccc5c4)cc3)c3ccc(-c4cccc5c4sc4ccccc45)cc3)c3oc4ccccc4c23)cc1. The number of benzene rings is 9. The van der Waals surface area contributed by atoms with E-state index >= 15 is 0 Å². The van der Waals surface area contributed by atoms with Gasteiger partial charge < -0.3 is 9.32 Å². The maximum absolute atomic E-state index is 6.83. The summed E-state index contributed by atoms with van der Waals surface area (Å²) in [5.74, 6) is 0. The van der Waals surface area contributed by atoms with Crippen molar-refractivity contribution >= 4 is 81.3 Å². The maximum atomic E-state index is 6.83. The van der Waals surface area contributed by atoms with Crippen molar-refractivity contribution in [1.29, 1.82) is 0 Å². The maximum Gasteiger partial charge on any atom is 0.160 e. The molecule has 0 aliphatic heterocycles. The molecule has 0 saturated carbocycles. The summed E-state index contributed by atoms with van der Waals surface area (Å²) >= 11 is 1.87. The fourth-order valence-electron chi connectivity index (χ4n) is 8.21. The predicted octanol–water partition coefficient (Wildman–Crippen LogP) is 15.6. The molecule has 2 nitrogen and oxygen atoms in total. The molecule has 0 amide bonds. The van der Waals surface area contributed by atoms with E-state index in [0.29, 0.717) is 0 Å². The highest BCUT2D eigenvalue weighted by Gasteiger charge is 2.22. The minimum atomic E-state index is 0.861. The molecule has 0 saturated heterocycles. The van der Waals surface area contributed by atoms with E-state index < -0.39 is 0 Å². The molecule has 0 radical (unpaired) electrons. The lowest BCUT2D eigenvalue weighted by Crippen LogP contribution is -2.10. The minimum Gasteiger partial charge on any atom is -0.454 e. The number of thiophene rings is 1. The summed E-state index contributed by atoms with van der Waals surface area (Å²) in [5.41, 5.74) is 12.0. The van der Waals surface area contributed by atoms with Crippen LogP contribution in [0.25, 0.3) is 86.3 Å².